The summed E-state index contributed by atoms with van der Waals surface area (Å²) in [7, 11) is 0. The maximum atomic E-state index is 10.9. The monoisotopic (exact) mass is 328 g/mol. The Bertz CT molecular complexity index is 366. The van der Waals surface area contributed by atoms with Crippen molar-refractivity contribution in [3.8, 4) is 0 Å². The van der Waals surface area contributed by atoms with Crippen molar-refractivity contribution < 1.29 is 9.59 Å². The van der Waals surface area contributed by atoms with Crippen LogP contribution in [0.4, 0.5) is 0 Å². The van der Waals surface area contributed by atoms with E-state index in [4.69, 9.17) is 5.73 Å². The lowest BCUT2D eigenvalue weighted by Crippen LogP contribution is -2.39. The molecule has 3 atom stereocenters. The maximum Gasteiger partial charge on any atom is 0.216 e. The molecule has 0 radical (unpaired) electrons. The van der Waals surface area contributed by atoms with Crippen LogP contribution in [0.15, 0.2) is 0 Å². The minimum absolute atomic E-state index is 0.00858. The fourth-order valence-corrected chi connectivity index (χ4v) is 2.61. The Kier molecular flexibility index (Phi) is 9.77. The van der Waals surface area contributed by atoms with Crippen LogP contribution in [-0.4, -0.2) is 56.6 Å². The number of nitrogens with one attached hydrogen (secondary N) is 5. The quantitative estimate of drug-likeness (QED) is 0.202. The van der Waals surface area contributed by atoms with Gasteiger partial charge in [-0.25, -0.2) is 0 Å². The Morgan fingerprint density at radius 2 is 1.91 bits per heavy atom. The van der Waals surface area contributed by atoms with Crippen LogP contribution in [0.25, 0.3) is 0 Å². The lowest BCUT2D eigenvalue weighted by molar-refractivity contribution is -0.119. The molecule has 134 valence electrons. The van der Waals surface area contributed by atoms with Crippen molar-refractivity contribution in [2.75, 3.05) is 32.7 Å². The van der Waals surface area contributed by atoms with Crippen molar-refractivity contribution in [3.63, 3.8) is 0 Å². The Morgan fingerprint density at radius 1 is 1.17 bits per heavy atom. The fraction of sp³-hybridized carbons (Fsp3) is 0.867. The molecule has 1 aliphatic heterocycles. The number of nitrogens with two attached hydrogens (primary N) is 1. The van der Waals surface area contributed by atoms with E-state index in [1.165, 1.54) is 6.92 Å². The minimum atomic E-state index is -0.0396. The van der Waals surface area contributed by atoms with E-state index in [1.54, 1.807) is 6.92 Å². The van der Waals surface area contributed by atoms with Gasteiger partial charge >= 0.3 is 0 Å². The van der Waals surface area contributed by atoms with E-state index in [-0.39, 0.29) is 17.9 Å². The summed E-state index contributed by atoms with van der Waals surface area (Å²) in [6.07, 6.45) is 2.90. The van der Waals surface area contributed by atoms with E-state index < -0.39 is 0 Å². The summed E-state index contributed by atoms with van der Waals surface area (Å²) in [5, 5.41) is 8.99. The zero-order valence-corrected chi connectivity index (χ0v) is 14.3. The zero-order chi connectivity index (χ0) is 17.1. The van der Waals surface area contributed by atoms with Gasteiger partial charge in [-0.3, -0.25) is 20.4 Å². The van der Waals surface area contributed by atoms with Gasteiger partial charge in [0.05, 0.1) is 0 Å². The summed E-state index contributed by atoms with van der Waals surface area (Å²) in [6.45, 7) is 7.00. The second-order valence-corrected chi connectivity index (χ2v) is 6.29. The lowest BCUT2D eigenvalue weighted by atomic mass is 10.1. The van der Waals surface area contributed by atoms with Gasteiger partial charge in [0.1, 0.15) is 0 Å². The van der Waals surface area contributed by atoms with Crippen molar-refractivity contribution >= 4 is 11.8 Å². The largest absolute Gasteiger partial charge is 0.355 e. The van der Waals surface area contributed by atoms with E-state index in [1.807, 2.05) is 0 Å². The topological polar surface area (TPSA) is 120 Å². The molecule has 0 unspecified atom stereocenters. The van der Waals surface area contributed by atoms with E-state index in [2.05, 4.69) is 26.8 Å². The molecule has 8 nitrogen and oxygen atoms in total. The summed E-state index contributed by atoms with van der Waals surface area (Å²) in [5.41, 5.74) is 12.4. The van der Waals surface area contributed by atoms with Crippen LogP contribution in [0.3, 0.4) is 0 Å². The van der Waals surface area contributed by atoms with Crippen molar-refractivity contribution in [3.05, 3.63) is 0 Å². The van der Waals surface area contributed by atoms with Gasteiger partial charge < -0.3 is 21.7 Å². The van der Waals surface area contributed by atoms with Gasteiger partial charge in [-0.15, -0.1) is 0 Å². The van der Waals surface area contributed by atoms with Crippen LogP contribution >= 0.6 is 0 Å². The first-order valence-corrected chi connectivity index (χ1v) is 8.41. The number of carbonyl (C=O) groups is 2. The molecule has 1 heterocycles. The van der Waals surface area contributed by atoms with Gasteiger partial charge in [0.2, 0.25) is 11.8 Å². The van der Waals surface area contributed by atoms with Gasteiger partial charge in [-0.2, -0.15) is 0 Å². The molecule has 1 saturated heterocycles. The van der Waals surface area contributed by atoms with Crippen LogP contribution < -0.4 is 32.5 Å². The first kappa shape index (κ1) is 19.8. The Labute approximate surface area is 138 Å². The highest BCUT2D eigenvalue weighted by Gasteiger charge is 2.23. The van der Waals surface area contributed by atoms with Crippen molar-refractivity contribution in [2.45, 2.75) is 45.2 Å². The van der Waals surface area contributed by atoms with Gasteiger partial charge in [-0.05, 0) is 31.7 Å². The molecule has 1 aliphatic rings. The summed E-state index contributed by atoms with van der Waals surface area (Å²) in [5.74, 6) is 0.553. The van der Waals surface area contributed by atoms with E-state index in [0.717, 1.165) is 38.9 Å². The molecule has 0 aliphatic carbocycles. The third kappa shape index (κ3) is 10.2. The minimum Gasteiger partial charge on any atom is -0.355 e. The molecule has 1 rings (SSSR count). The van der Waals surface area contributed by atoms with E-state index in [0.29, 0.717) is 25.0 Å². The van der Waals surface area contributed by atoms with Crippen LogP contribution in [0, 0.1) is 5.92 Å². The van der Waals surface area contributed by atoms with Gasteiger partial charge in [-0.1, -0.05) is 0 Å². The van der Waals surface area contributed by atoms with Gasteiger partial charge in [0.15, 0.2) is 0 Å². The third-order valence-corrected chi connectivity index (χ3v) is 3.92. The Hall–Kier alpha value is -1.22. The summed E-state index contributed by atoms with van der Waals surface area (Å²) >= 11 is 0. The number of amides is 2. The van der Waals surface area contributed by atoms with Crippen LogP contribution in [-0.2, 0) is 9.59 Å². The van der Waals surface area contributed by atoms with Crippen molar-refractivity contribution in [1.82, 2.24) is 26.8 Å². The molecule has 8 heteroatoms. The van der Waals surface area contributed by atoms with Crippen LogP contribution in [0.2, 0.25) is 0 Å². The molecule has 0 aromatic rings. The molecule has 0 aromatic heterocycles. The first-order chi connectivity index (χ1) is 11.0. The van der Waals surface area contributed by atoms with Gasteiger partial charge in [0.25, 0.3) is 0 Å². The first-order valence-electron chi connectivity index (χ1n) is 8.41. The predicted octanol–water partition coefficient (Wildman–Crippen LogP) is -1.56. The SMILES string of the molecule is CC(=O)NC[C@@H](N)CCCNNC[C@@H]1CN[C@H](CNC(C)=O)C1. The van der Waals surface area contributed by atoms with E-state index in [9.17, 15) is 9.59 Å². The Morgan fingerprint density at radius 3 is 2.61 bits per heavy atom. The number of rotatable bonds is 11. The number of hydrogen-bond donors (Lipinski definition) is 6. The third-order valence-electron chi connectivity index (χ3n) is 3.92. The molecule has 0 bridgehead atoms. The van der Waals surface area contributed by atoms with Crippen molar-refractivity contribution in [2.24, 2.45) is 11.7 Å². The molecule has 2 amide bonds. The number of hydrazine groups is 1. The Balaban J connectivity index is 1.93. The molecule has 0 saturated carbocycles. The predicted molar refractivity (Wildman–Crippen MR) is 90.5 cm³/mol. The second kappa shape index (κ2) is 11.3. The van der Waals surface area contributed by atoms with Crippen LogP contribution in [0.1, 0.15) is 33.1 Å². The molecular weight excluding hydrogens is 296 g/mol. The molecule has 23 heavy (non-hydrogen) atoms. The zero-order valence-electron chi connectivity index (χ0n) is 14.3. The molecular formula is C15H32N6O2. The highest BCUT2D eigenvalue weighted by molar-refractivity contribution is 5.73. The molecule has 1 fully saturated rings. The normalized spacial score (nSPS) is 21.9. The average Bonchev–Trinajstić information content (AvgIpc) is 2.94. The average molecular weight is 328 g/mol. The number of hydrogen-bond acceptors (Lipinski definition) is 6. The van der Waals surface area contributed by atoms with Crippen LogP contribution in [0.5, 0.6) is 0 Å². The summed E-state index contributed by atoms with van der Waals surface area (Å²) in [4.78, 5) is 21.7. The summed E-state index contributed by atoms with van der Waals surface area (Å²) in [6, 6.07) is 0.381. The maximum absolute atomic E-state index is 10.9. The number of carbonyl (C=O) groups excluding carboxylic acids is 2. The lowest BCUT2D eigenvalue weighted by Gasteiger charge is -2.14. The van der Waals surface area contributed by atoms with Crippen molar-refractivity contribution in [1.29, 1.82) is 0 Å². The fourth-order valence-electron chi connectivity index (χ4n) is 2.61. The van der Waals surface area contributed by atoms with Gasteiger partial charge in [0, 0.05) is 52.1 Å². The highest BCUT2D eigenvalue weighted by Crippen LogP contribution is 2.12. The molecule has 0 spiro atoms. The molecule has 7 N–H and O–H groups in total. The summed E-state index contributed by atoms with van der Waals surface area (Å²) < 4.78 is 0. The van der Waals surface area contributed by atoms with E-state index >= 15 is 0 Å². The second-order valence-electron chi connectivity index (χ2n) is 6.29. The molecule has 0 aromatic carbocycles. The highest BCUT2D eigenvalue weighted by atomic mass is 16.2. The smallest absolute Gasteiger partial charge is 0.216 e. The standard InChI is InChI=1S/C15H32N6O2/c1-11(22)17-9-14(16)4-3-5-20-21-8-13-6-15(19-7-13)10-18-12(2)23/h13-15,19-21H,3-10,16H2,1-2H3,(H,17,22)(H,18,23)/t13-,14-,15-/m0/s1.